The summed E-state index contributed by atoms with van der Waals surface area (Å²) in [5.74, 6) is 0.0436. The largest absolute Gasteiger partial charge is 0.438 e. The minimum atomic E-state index is -0.790. The Labute approximate surface area is 190 Å². The second-order valence-electron chi connectivity index (χ2n) is 9.48. The molecule has 0 bridgehead atoms. The van der Waals surface area contributed by atoms with E-state index >= 15 is 0 Å². The number of amides is 2. The molecule has 0 aromatic carbocycles. The van der Waals surface area contributed by atoms with Crippen LogP contribution in [0.2, 0.25) is 0 Å². The number of nitrogens with one attached hydrogen (secondary N) is 2. The van der Waals surface area contributed by atoms with Gasteiger partial charge in [0.2, 0.25) is 5.91 Å². The highest BCUT2D eigenvalue weighted by atomic mass is 19.1. The van der Waals surface area contributed by atoms with Crippen molar-refractivity contribution in [1.29, 1.82) is 0 Å². The number of nitrogens with zero attached hydrogens (tertiary/aromatic N) is 2. The van der Waals surface area contributed by atoms with Gasteiger partial charge in [0.1, 0.15) is 23.7 Å². The van der Waals surface area contributed by atoms with E-state index in [2.05, 4.69) is 15.6 Å². The minimum absolute atomic E-state index is 0.0826. The van der Waals surface area contributed by atoms with Crippen LogP contribution in [0.3, 0.4) is 0 Å². The molecule has 3 aliphatic rings. The molecule has 8 nitrogen and oxygen atoms in total. The van der Waals surface area contributed by atoms with Crippen LogP contribution in [0.5, 0.6) is 0 Å². The topological polar surface area (TPSA) is 102 Å². The van der Waals surface area contributed by atoms with E-state index in [0.29, 0.717) is 17.5 Å². The number of fused-ring (bicyclic) bond motifs is 1. The molecule has 33 heavy (non-hydrogen) atoms. The number of aryl methyl sites for hydroxylation is 1. The number of pyridine rings is 2. The number of ether oxygens (including phenoxy) is 1. The maximum atomic E-state index is 13.8. The molecule has 0 radical (unpaired) electrons. The molecule has 9 heteroatoms. The van der Waals surface area contributed by atoms with E-state index in [-0.39, 0.29) is 24.5 Å². The lowest BCUT2D eigenvalue weighted by molar-refractivity contribution is -0.121. The first-order chi connectivity index (χ1) is 15.8. The van der Waals surface area contributed by atoms with Crippen LogP contribution in [-0.4, -0.2) is 21.6 Å². The van der Waals surface area contributed by atoms with Crippen LogP contribution in [-0.2, 0) is 28.2 Å². The smallest absolute Gasteiger partial charge is 0.412 e. The van der Waals surface area contributed by atoms with Crippen molar-refractivity contribution in [3.05, 3.63) is 57.5 Å². The third kappa shape index (κ3) is 4.49. The van der Waals surface area contributed by atoms with E-state index in [1.807, 2.05) is 6.07 Å². The highest BCUT2D eigenvalue weighted by Crippen LogP contribution is 2.52. The summed E-state index contributed by atoms with van der Waals surface area (Å²) in [7, 11) is 0. The average Bonchev–Trinajstić information content (AvgIpc) is 3.70. The molecule has 2 aromatic rings. The first-order valence-corrected chi connectivity index (χ1v) is 11.5. The second kappa shape index (κ2) is 8.28. The molecule has 0 saturated heterocycles. The number of hydrogen-bond acceptors (Lipinski definition) is 5. The standard InChI is InChI=1S/C24H27FN4O4/c1-14-9-17-21(28-23(32)33-24(17,10-15-4-5-15)11-16-6-7-16)22(31)29(14)13-20(30)27-12-19-18(25)3-2-8-26-19/h2-3,8-9,15-16H,4-7,10-13H2,1H3,(H,27,30)(H,28,32). The quantitative estimate of drug-likeness (QED) is 0.637. The molecule has 0 atom stereocenters. The predicted molar refractivity (Wildman–Crippen MR) is 118 cm³/mol. The van der Waals surface area contributed by atoms with Crippen LogP contribution in [0, 0.1) is 24.6 Å². The van der Waals surface area contributed by atoms with E-state index in [4.69, 9.17) is 4.74 Å². The van der Waals surface area contributed by atoms with E-state index < -0.39 is 29.0 Å². The molecule has 2 saturated carbocycles. The Kier molecular flexibility index (Phi) is 5.42. The zero-order valence-corrected chi connectivity index (χ0v) is 18.5. The number of cyclic esters (lactones) is 1. The first kappa shape index (κ1) is 21.6. The zero-order chi connectivity index (χ0) is 23.2. The third-order valence-corrected chi connectivity index (χ3v) is 6.73. The number of anilines is 1. The van der Waals surface area contributed by atoms with Crippen molar-refractivity contribution in [1.82, 2.24) is 14.9 Å². The molecule has 2 N–H and O–H groups in total. The lowest BCUT2D eigenvalue weighted by Crippen LogP contribution is -2.45. The summed E-state index contributed by atoms with van der Waals surface area (Å²) in [6, 6.07) is 4.61. The summed E-state index contributed by atoms with van der Waals surface area (Å²) in [5.41, 5.74) is 0.416. The summed E-state index contributed by atoms with van der Waals surface area (Å²) in [5, 5.41) is 5.19. The maximum absolute atomic E-state index is 13.8. The first-order valence-electron chi connectivity index (χ1n) is 11.5. The zero-order valence-electron chi connectivity index (χ0n) is 18.5. The number of rotatable bonds is 8. The summed E-state index contributed by atoms with van der Waals surface area (Å²) in [6.07, 6.45) is 6.72. The molecule has 2 fully saturated rings. The molecular weight excluding hydrogens is 427 g/mol. The van der Waals surface area contributed by atoms with Crippen molar-refractivity contribution < 1.29 is 18.7 Å². The van der Waals surface area contributed by atoms with Gasteiger partial charge in [-0.25, -0.2) is 9.18 Å². The predicted octanol–water partition coefficient (Wildman–Crippen LogP) is 3.36. The van der Waals surface area contributed by atoms with E-state index in [9.17, 15) is 18.8 Å². The second-order valence-corrected chi connectivity index (χ2v) is 9.48. The van der Waals surface area contributed by atoms with Crippen molar-refractivity contribution in [2.45, 2.75) is 64.1 Å². The Balaban J connectivity index is 1.42. The SMILES string of the molecule is Cc1cc2c(c(=O)n1CC(=O)NCc1ncccc1F)NC(=O)OC2(CC1CC1)CC1CC1. The van der Waals surface area contributed by atoms with Gasteiger partial charge in [0.15, 0.2) is 0 Å². The van der Waals surface area contributed by atoms with Crippen molar-refractivity contribution in [3.8, 4) is 0 Å². The fourth-order valence-electron chi connectivity index (χ4n) is 4.70. The van der Waals surface area contributed by atoms with Crippen LogP contribution in [0.15, 0.2) is 29.2 Å². The number of aromatic nitrogens is 2. The highest BCUT2D eigenvalue weighted by Gasteiger charge is 2.49. The van der Waals surface area contributed by atoms with Gasteiger partial charge in [-0.05, 0) is 49.8 Å². The molecule has 5 rings (SSSR count). The maximum Gasteiger partial charge on any atom is 0.412 e. The lowest BCUT2D eigenvalue weighted by Gasteiger charge is -2.39. The van der Waals surface area contributed by atoms with Gasteiger partial charge in [-0.15, -0.1) is 0 Å². The van der Waals surface area contributed by atoms with E-state index in [0.717, 1.165) is 44.1 Å². The summed E-state index contributed by atoms with van der Waals surface area (Å²) >= 11 is 0. The average molecular weight is 455 g/mol. The van der Waals surface area contributed by atoms with Gasteiger partial charge in [0.05, 0.1) is 12.2 Å². The van der Waals surface area contributed by atoms with Gasteiger partial charge in [-0.1, -0.05) is 25.7 Å². The summed E-state index contributed by atoms with van der Waals surface area (Å²) < 4.78 is 21.0. The van der Waals surface area contributed by atoms with Gasteiger partial charge in [-0.3, -0.25) is 19.9 Å². The molecule has 1 aliphatic heterocycles. The molecule has 3 heterocycles. The Morgan fingerprint density at radius 1 is 1.27 bits per heavy atom. The van der Waals surface area contributed by atoms with Crippen molar-refractivity contribution in [2.75, 3.05) is 5.32 Å². The number of carbonyl (C=O) groups is 2. The van der Waals surface area contributed by atoms with Gasteiger partial charge in [-0.2, -0.15) is 0 Å². The Bertz CT molecular complexity index is 1160. The molecule has 2 amide bonds. The Morgan fingerprint density at radius 2 is 1.97 bits per heavy atom. The van der Waals surface area contributed by atoms with Crippen LogP contribution < -0.4 is 16.2 Å². The monoisotopic (exact) mass is 454 g/mol. The van der Waals surface area contributed by atoms with Gasteiger partial charge >= 0.3 is 6.09 Å². The van der Waals surface area contributed by atoms with Crippen LogP contribution in [0.1, 0.15) is 55.5 Å². The fourth-order valence-corrected chi connectivity index (χ4v) is 4.70. The highest BCUT2D eigenvalue weighted by molar-refractivity contribution is 5.88. The van der Waals surface area contributed by atoms with Gasteiger partial charge in [0.25, 0.3) is 5.56 Å². The molecule has 2 aromatic heterocycles. The summed E-state index contributed by atoms with van der Waals surface area (Å²) in [4.78, 5) is 42.3. The minimum Gasteiger partial charge on any atom is -0.438 e. The van der Waals surface area contributed by atoms with Crippen molar-refractivity contribution >= 4 is 17.7 Å². The van der Waals surface area contributed by atoms with Gasteiger partial charge in [0, 0.05) is 17.5 Å². The van der Waals surface area contributed by atoms with Crippen LogP contribution >= 0.6 is 0 Å². The Hall–Kier alpha value is -3.23. The molecular formula is C24H27FN4O4. The normalized spacial score (nSPS) is 18.8. The summed E-state index contributed by atoms with van der Waals surface area (Å²) in [6.45, 7) is 1.44. The molecule has 2 aliphatic carbocycles. The Morgan fingerprint density at radius 3 is 2.61 bits per heavy atom. The fraction of sp³-hybridized carbons (Fsp3) is 0.500. The van der Waals surface area contributed by atoms with Crippen molar-refractivity contribution in [2.24, 2.45) is 11.8 Å². The molecule has 0 spiro atoms. The van der Waals surface area contributed by atoms with Crippen LogP contribution in [0.4, 0.5) is 14.9 Å². The lowest BCUT2D eigenvalue weighted by atomic mass is 9.81. The number of hydrogen-bond donors (Lipinski definition) is 2. The van der Waals surface area contributed by atoms with Crippen molar-refractivity contribution in [3.63, 3.8) is 0 Å². The van der Waals surface area contributed by atoms with Crippen LogP contribution in [0.25, 0.3) is 0 Å². The molecule has 0 unspecified atom stereocenters. The number of carbonyl (C=O) groups excluding carboxylic acids is 2. The number of halogens is 1. The third-order valence-electron chi connectivity index (χ3n) is 6.73. The molecule has 174 valence electrons. The van der Waals surface area contributed by atoms with E-state index in [1.54, 1.807) is 6.92 Å². The van der Waals surface area contributed by atoms with Gasteiger partial charge < -0.3 is 14.6 Å². The van der Waals surface area contributed by atoms with E-state index in [1.165, 1.54) is 22.9 Å².